The highest BCUT2D eigenvalue weighted by Gasteiger charge is 2.24. The van der Waals surface area contributed by atoms with Crippen molar-refractivity contribution in [2.75, 3.05) is 0 Å². The number of carbonyl (C=O) groups excluding carboxylic acids is 2. The summed E-state index contributed by atoms with van der Waals surface area (Å²) >= 11 is 18.6. The molecule has 0 aromatic heterocycles. The summed E-state index contributed by atoms with van der Waals surface area (Å²) in [5, 5.41) is 12.4. The fourth-order valence-electron chi connectivity index (χ4n) is 3.99. The van der Waals surface area contributed by atoms with Crippen molar-refractivity contribution in [3.05, 3.63) is 134 Å². The van der Waals surface area contributed by atoms with Crippen LogP contribution in [0.1, 0.15) is 37.4 Å². The van der Waals surface area contributed by atoms with Crippen LogP contribution in [0.15, 0.2) is 91.0 Å². The number of hydrogen-bond acceptors (Lipinski definition) is 3. The van der Waals surface area contributed by atoms with Crippen molar-refractivity contribution in [1.29, 1.82) is 0 Å². The number of ketones is 2. The Morgan fingerprint density at radius 3 is 1.70 bits per heavy atom. The van der Waals surface area contributed by atoms with Crippen molar-refractivity contribution in [2.24, 2.45) is 0 Å². The van der Waals surface area contributed by atoms with Gasteiger partial charge in [-0.2, -0.15) is 0 Å². The van der Waals surface area contributed by atoms with Crippen LogP contribution >= 0.6 is 34.8 Å². The highest BCUT2D eigenvalue weighted by molar-refractivity contribution is 6.33. The molecule has 6 heteroatoms. The molecule has 1 N–H and O–H groups in total. The molecule has 0 bridgehead atoms. The Kier molecular flexibility index (Phi) is 8.30. The Hall–Kier alpha value is -3.63. The highest BCUT2D eigenvalue weighted by atomic mass is 35.5. The molecule has 0 fully saturated rings. The minimum Gasteiger partial charge on any atom is -0.507 e. The maximum atomic E-state index is 13.5. The zero-order chi connectivity index (χ0) is 26.5. The number of halogens is 3. The number of carbonyl (C=O) groups is 2. The van der Waals surface area contributed by atoms with Crippen molar-refractivity contribution in [2.45, 2.75) is 6.92 Å². The topological polar surface area (TPSA) is 54.4 Å². The molecule has 184 valence electrons. The molecule has 0 spiro atoms. The lowest BCUT2D eigenvalue weighted by Crippen LogP contribution is -2.08. The maximum absolute atomic E-state index is 13.5. The third kappa shape index (κ3) is 6.03. The summed E-state index contributed by atoms with van der Waals surface area (Å²) < 4.78 is 0. The van der Waals surface area contributed by atoms with Crippen molar-refractivity contribution < 1.29 is 14.7 Å². The number of aromatic hydroxyl groups is 1. The molecule has 0 amide bonds. The first-order chi connectivity index (χ1) is 17.8. The number of benzene rings is 4. The van der Waals surface area contributed by atoms with Crippen molar-refractivity contribution in [1.82, 2.24) is 0 Å². The fraction of sp³-hybridized carbons (Fsp3) is 0.0323. The third-order valence-electron chi connectivity index (χ3n) is 5.77. The van der Waals surface area contributed by atoms with Crippen LogP contribution in [0.2, 0.25) is 15.1 Å². The second-order valence-electron chi connectivity index (χ2n) is 8.28. The molecule has 0 atom stereocenters. The van der Waals surface area contributed by atoms with Gasteiger partial charge in [-0.25, -0.2) is 0 Å². The van der Waals surface area contributed by atoms with Crippen LogP contribution in [0.3, 0.4) is 0 Å². The van der Waals surface area contributed by atoms with E-state index in [4.69, 9.17) is 34.8 Å². The molecular formula is C31H21Cl3O3. The average molecular weight is 548 g/mol. The summed E-state index contributed by atoms with van der Waals surface area (Å²) in [7, 11) is 0. The summed E-state index contributed by atoms with van der Waals surface area (Å²) in [6, 6.07) is 22.4. The van der Waals surface area contributed by atoms with Crippen molar-refractivity contribution in [3.8, 4) is 16.9 Å². The molecule has 0 heterocycles. The first kappa shape index (κ1) is 26.4. The molecule has 0 aliphatic heterocycles. The summed E-state index contributed by atoms with van der Waals surface area (Å²) in [6.45, 7) is 1.71. The van der Waals surface area contributed by atoms with Crippen LogP contribution in [0.4, 0.5) is 0 Å². The Balaban J connectivity index is 1.87. The molecule has 37 heavy (non-hydrogen) atoms. The fourth-order valence-corrected chi connectivity index (χ4v) is 4.51. The molecule has 4 rings (SSSR count). The number of aryl methyl sites for hydroxylation is 1. The molecule has 0 unspecified atom stereocenters. The van der Waals surface area contributed by atoms with Gasteiger partial charge in [0.15, 0.2) is 11.6 Å². The van der Waals surface area contributed by atoms with Crippen LogP contribution in [0, 0.1) is 6.92 Å². The molecule has 0 radical (unpaired) electrons. The number of allylic oxidation sites excluding steroid dienone is 2. The van der Waals surface area contributed by atoms with Crippen LogP contribution < -0.4 is 0 Å². The smallest absolute Gasteiger partial charge is 0.190 e. The summed E-state index contributed by atoms with van der Waals surface area (Å²) in [4.78, 5) is 27.0. The van der Waals surface area contributed by atoms with Gasteiger partial charge in [-0.05, 0) is 83.8 Å². The predicted molar refractivity (Wildman–Crippen MR) is 153 cm³/mol. The summed E-state index contributed by atoms with van der Waals surface area (Å²) in [5.74, 6) is -1.05. The van der Waals surface area contributed by atoms with Gasteiger partial charge in [-0.1, -0.05) is 83.3 Å². The van der Waals surface area contributed by atoms with E-state index in [0.717, 1.165) is 0 Å². The highest BCUT2D eigenvalue weighted by Crippen LogP contribution is 2.38. The molecule has 4 aromatic carbocycles. The average Bonchev–Trinajstić information content (AvgIpc) is 2.87. The van der Waals surface area contributed by atoms with Crippen molar-refractivity contribution in [3.63, 3.8) is 0 Å². The van der Waals surface area contributed by atoms with E-state index in [0.29, 0.717) is 42.9 Å². The Labute approximate surface area is 230 Å². The van der Waals surface area contributed by atoms with Crippen LogP contribution in [0.25, 0.3) is 23.3 Å². The van der Waals surface area contributed by atoms with Gasteiger partial charge in [0.25, 0.3) is 0 Å². The first-order valence-electron chi connectivity index (χ1n) is 11.3. The largest absolute Gasteiger partial charge is 0.507 e. The summed E-state index contributed by atoms with van der Waals surface area (Å²) in [6.07, 6.45) is 5.95. The quantitative estimate of drug-likeness (QED) is 0.185. The molecular weight excluding hydrogens is 527 g/mol. The Morgan fingerprint density at radius 1 is 0.703 bits per heavy atom. The van der Waals surface area contributed by atoms with Gasteiger partial charge in [-0.3, -0.25) is 9.59 Å². The van der Waals surface area contributed by atoms with E-state index < -0.39 is 5.78 Å². The lowest BCUT2D eigenvalue weighted by molar-refractivity contribution is 0.104. The van der Waals surface area contributed by atoms with E-state index in [9.17, 15) is 14.7 Å². The predicted octanol–water partition coefficient (Wildman–Crippen LogP) is 9.12. The first-order valence-corrected chi connectivity index (χ1v) is 12.5. The molecule has 4 aromatic rings. The second-order valence-corrected chi connectivity index (χ2v) is 9.53. The van der Waals surface area contributed by atoms with Gasteiger partial charge in [0.2, 0.25) is 0 Å². The number of rotatable bonds is 7. The van der Waals surface area contributed by atoms with Crippen molar-refractivity contribution >= 4 is 58.5 Å². The zero-order valence-corrected chi connectivity index (χ0v) is 22.0. The number of phenols is 1. The standard InChI is InChI=1S/C31H21Cl3O3/c1-19-18-28(37)31(27(36)17-13-21-7-3-5-9-25(21)34)30(22-10-14-23(32)15-11-22)29(19)26(35)16-12-20-6-2-4-8-24(20)33/h2-18,37H,1H3/b16-12+,17-13+. The Bertz CT molecular complexity index is 1460. The van der Waals surface area contributed by atoms with Crippen LogP contribution in [-0.4, -0.2) is 16.7 Å². The van der Waals surface area contributed by atoms with Gasteiger partial charge in [0.05, 0.1) is 5.56 Å². The van der Waals surface area contributed by atoms with Crippen LogP contribution in [0.5, 0.6) is 5.75 Å². The number of phenolic OH excluding ortho intramolecular Hbond substituents is 1. The van der Waals surface area contributed by atoms with E-state index in [1.807, 2.05) is 6.07 Å². The summed E-state index contributed by atoms with van der Waals surface area (Å²) in [5.41, 5.74) is 3.02. The molecule has 3 nitrogen and oxygen atoms in total. The molecule has 0 saturated heterocycles. The molecule has 0 saturated carbocycles. The van der Waals surface area contributed by atoms with E-state index >= 15 is 0 Å². The van der Waals surface area contributed by atoms with Gasteiger partial charge in [0, 0.05) is 26.2 Å². The second kappa shape index (κ2) is 11.6. The SMILES string of the molecule is Cc1cc(O)c(C(=O)/C=C/c2ccccc2Cl)c(-c2ccc(Cl)cc2)c1C(=O)/C=C/c1ccccc1Cl. The minimum atomic E-state index is -0.480. The third-order valence-corrected chi connectivity index (χ3v) is 6.71. The normalized spacial score (nSPS) is 11.4. The van der Waals surface area contributed by atoms with Gasteiger partial charge < -0.3 is 5.11 Å². The van der Waals surface area contributed by atoms with Gasteiger partial charge >= 0.3 is 0 Å². The Morgan fingerprint density at radius 2 is 1.19 bits per heavy atom. The van der Waals surface area contributed by atoms with E-state index in [1.54, 1.807) is 85.8 Å². The van der Waals surface area contributed by atoms with E-state index in [-0.39, 0.29) is 22.7 Å². The van der Waals surface area contributed by atoms with Crippen LogP contribution in [-0.2, 0) is 0 Å². The monoisotopic (exact) mass is 546 g/mol. The minimum absolute atomic E-state index is 0.00530. The molecule has 0 aliphatic rings. The zero-order valence-electron chi connectivity index (χ0n) is 19.7. The number of hydrogen-bond donors (Lipinski definition) is 1. The maximum Gasteiger partial charge on any atom is 0.190 e. The van der Waals surface area contributed by atoms with Gasteiger partial charge in [0.1, 0.15) is 5.75 Å². The molecule has 0 aliphatic carbocycles. The van der Waals surface area contributed by atoms with Gasteiger partial charge in [-0.15, -0.1) is 0 Å². The van der Waals surface area contributed by atoms with E-state index in [1.165, 1.54) is 18.2 Å². The lowest BCUT2D eigenvalue weighted by Gasteiger charge is -2.17. The lowest BCUT2D eigenvalue weighted by atomic mass is 9.86. The van der Waals surface area contributed by atoms with E-state index in [2.05, 4.69) is 0 Å².